The van der Waals surface area contributed by atoms with Gasteiger partial charge in [0.15, 0.2) is 0 Å². The Labute approximate surface area is 330 Å². The van der Waals surface area contributed by atoms with Crippen molar-refractivity contribution in [2.75, 3.05) is 0 Å². The molecule has 3 aromatic heterocycles. The number of furan rings is 1. The van der Waals surface area contributed by atoms with E-state index in [1.807, 2.05) is 0 Å². The molecule has 0 spiro atoms. The van der Waals surface area contributed by atoms with E-state index in [1.165, 1.54) is 99.1 Å². The first kappa shape index (κ1) is 32.2. The molecule has 57 heavy (non-hydrogen) atoms. The van der Waals surface area contributed by atoms with E-state index < -0.39 is 0 Å². The lowest BCUT2D eigenvalue weighted by Gasteiger charge is -2.13. The first-order valence-electron chi connectivity index (χ1n) is 19.8. The molecule has 8 aromatic carbocycles. The van der Waals surface area contributed by atoms with Crippen LogP contribution in [0.5, 0.6) is 0 Å². The molecule has 0 bridgehead atoms. The maximum atomic E-state index is 6.70. The van der Waals surface area contributed by atoms with Gasteiger partial charge in [0.25, 0.3) is 0 Å². The SMILES string of the molecule is Cc1ccc2cc(-n3c4ccccc4c4cc(-c5ccc6c(c5)c5ccccc5n6C5=CC(C)(C)c6oc7ccc(-c8ccccc8)cc7c65)ccc43)ccc2c1. The van der Waals surface area contributed by atoms with E-state index in [1.54, 1.807) is 0 Å². The zero-order valence-corrected chi connectivity index (χ0v) is 32.0. The van der Waals surface area contributed by atoms with Crippen LogP contribution >= 0.6 is 0 Å². The lowest BCUT2D eigenvalue weighted by Crippen LogP contribution is -2.09. The van der Waals surface area contributed by atoms with Gasteiger partial charge in [-0.2, -0.15) is 0 Å². The van der Waals surface area contributed by atoms with Crippen molar-refractivity contribution in [1.29, 1.82) is 0 Å². The average Bonchev–Trinajstić information content (AvgIpc) is 3.96. The number of aryl methyl sites for hydroxylation is 1. The summed E-state index contributed by atoms with van der Waals surface area (Å²) in [6.07, 6.45) is 2.40. The van der Waals surface area contributed by atoms with E-state index in [0.29, 0.717) is 0 Å². The van der Waals surface area contributed by atoms with Crippen molar-refractivity contribution < 1.29 is 4.42 Å². The summed E-state index contributed by atoms with van der Waals surface area (Å²) >= 11 is 0. The van der Waals surface area contributed by atoms with Crippen LogP contribution in [0.2, 0.25) is 0 Å². The molecule has 0 atom stereocenters. The summed E-state index contributed by atoms with van der Waals surface area (Å²) in [5, 5.41) is 8.65. The maximum Gasteiger partial charge on any atom is 0.135 e. The van der Waals surface area contributed by atoms with Crippen molar-refractivity contribution in [2.45, 2.75) is 26.2 Å². The van der Waals surface area contributed by atoms with Crippen molar-refractivity contribution >= 4 is 71.1 Å². The van der Waals surface area contributed by atoms with Gasteiger partial charge in [0.05, 0.1) is 27.8 Å². The second-order valence-electron chi connectivity index (χ2n) is 16.3. The molecule has 0 unspecified atom stereocenters. The molecular weight excluding hydrogens is 693 g/mol. The van der Waals surface area contributed by atoms with Gasteiger partial charge in [-0.3, -0.25) is 0 Å². The fraction of sp³-hybridized carbons (Fsp3) is 0.0741. The fourth-order valence-electron chi connectivity index (χ4n) is 9.61. The minimum Gasteiger partial charge on any atom is -0.459 e. The summed E-state index contributed by atoms with van der Waals surface area (Å²) in [6, 6.07) is 62.4. The Hall–Kier alpha value is -7.10. The van der Waals surface area contributed by atoms with Gasteiger partial charge < -0.3 is 13.6 Å². The van der Waals surface area contributed by atoms with E-state index in [-0.39, 0.29) is 5.41 Å². The lowest BCUT2D eigenvalue weighted by atomic mass is 9.93. The van der Waals surface area contributed by atoms with Crippen molar-refractivity contribution in [1.82, 2.24) is 9.13 Å². The molecule has 1 aliphatic rings. The highest BCUT2D eigenvalue weighted by atomic mass is 16.3. The molecule has 3 nitrogen and oxygen atoms in total. The summed E-state index contributed by atoms with van der Waals surface area (Å²) in [5.74, 6) is 1.02. The minimum absolute atomic E-state index is 0.269. The topological polar surface area (TPSA) is 23.0 Å². The van der Waals surface area contributed by atoms with Gasteiger partial charge in [0, 0.05) is 43.6 Å². The summed E-state index contributed by atoms with van der Waals surface area (Å²) in [6.45, 7) is 6.68. The summed E-state index contributed by atoms with van der Waals surface area (Å²) in [4.78, 5) is 0. The second-order valence-corrected chi connectivity index (χ2v) is 16.3. The van der Waals surface area contributed by atoms with E-state index in [2.05, 4.69) is 206 Å². The van der Waals surface area contributed by atoms with Crippen LogP contribution in [0.25, 0.3) is 99.0 Å². The Balaban J connectivity index is 1.02. The standard InChI is InChI=1S/C54H38N2O/c1-33-17-18-36-28-40(23-19-35(36)27-33)55-46-15-9-7-13-41(46)43-29-38(20-24-48(43)55)39-21-25-49-44(30-39)42-14-8-10-16-47(42)56(49)50-32-54(2,3)53-52(50)45-31-37(22-26-51(45)57-53)34-11-5-4-6-12-34/h4-32H,1-3H3. The quantitative estimate of drug-likeness (QED) is 0.177. The zero-order valence-electron chi connectivity index (χ0n) is 32.0. The molecule has 11 aromatic rings. The monoisotopic (exact) mass is 730 g/mol. The van der Waals surface area contributed by atoms with Gasteiger partial charge in [-0.25, -0.2) is 0 Å². The summed E-state index contributed by atoms with van der Waals surface area (Å²) in [5.41, 5.74) is 15.1. The van der Waals surface area contributed by atoms with Crippen molar-refractivity contribution in [2.24, 2.45) is 0 Å². The lowest BCUT2D eigenvalue weighted by molar-refractivity contribution is 0.469. The van der Waals surface area contributed by atoms with Gasteiger partial charge in [-0.15, -0.1) is 0 Å². The molecule has 270 valence electrons. The predicted molar refractivity (Wildman–Crippen MR) is 240 cm³/mol. The van der Waals surface area contributed by atoms with Crippen molar-refractivity contribution in [3.8, 4) is 27.9 Å². The Morgan fingerprint density at radius 1 is 0.439 bits per heavy atom. The van der Waals surface area contributed by atoms with Crippen LogP contribution in [-0.4, -0.2) is 9.13 Å². The molecule has 0 saturated carbocycles. The number of allylic oxidation sites excluding steroid dienone is 1. The van der Waals surface area contributed by atoms with Gasteiger partial charge >= 0.3 is 0 Å². The number of rotatable bonds is 4. The Kier molecular flexibility index (Phi) is 6.61. The van der Waals surface area contributed by atoms with Crippen LogP contribution in [0.15, 0.2) is 180 Å². The number of nitrogens with zero attached hydrogens (tertiary/aromatic N) is 2. The largest absolute Gasteiger partial charge is 0.459 e. The first-order valence-corrected chi connectivity index (χ1v) is 19.8. The van der Waals surface area contributed by atoms with Crippen LogP contribution in [-0.2, 0) is 5.41 Å². The van der Waals surface area contributed by atoms with Crippen molar-refractivity contribution in [3.63, 3.8) is 0 Å². The van der Waals surface area contributed by atoms with Gasteiger partial charge in [-0.05, 0) is 121 Å². The third-order valence-electron chi connectivity index (χ3n) is 12.3. The van der Waals surface area contributed by atoms with E-state index >= 15 is 0 Å². The number of hydrogen-bond donors (Lipinski definition) is 0. The summed E-state index contributed by atoms with van der Waals surface area (Å²) < 4.78 is 11.6. The van der Waals surface area contributed by atoms with Gasteiger partial charge in [0.2, 0.25) is 0 Å². The number of hydrogen-bond acceptors (Lipinski definition) is 1. The smallest absolute Gasteiger partial charge is 0.135 e. The zero-order chi connectivity index (χ0) is 38.0. The molecule has 0 aliphatic heterocycles. The number of benzene rings is 8. The Morgan fingerprint density at radius 2 is 1.00 bits per heavy atom. The summed E-state index contributed by atoms with van der Waals surface area (Å²) in [7, 11) is 0. The van der Waals surface area contributed by atoms with Crippen LogP contribution < -0.4 is 0 Å². The third-order valence-corrected chi connectivity index (χ3v) is 12.3. The highest BCUT2D eigenvalue weighted by Crippen LogP contribution is 2.49. The molecule has 12 rings (SSSR count). The van der Waals surface area contributed by atoms with E-state index in [0.717, 1.165) is 16.7 Å². The number of fused-ring (bicyclic) bond motifs is 10. The first-order chi connectivity index (χ1) is 27.9. The van der Waals surface area contributed by atoms with Crippen molar-refractivity contribution in [3.05, 3.63) is 193 Å². The van der Waals surface area contributed by atoms with Crippen LogP contribution in [0.3, 0.4) is 0 Å². The molecule has 0 amide bonds. The second kappa shape index (κ2) is 11.7. The fourth-order valence-corrected chi connectivity index (χ4v) is 9.61. The normalized spacial score (nSPS) is 13.8. The maximum absolute atomic E-state index is 6.70. The number of para-hydroxylation sites is 2. The third kappa shape index (κ3) is 4.72. The van der Waals surface area contributed by atoms with Gasteiger partial charge in [-0.1, -0.05) is 115 Å². The molecule has 1 aliphatic carbocycles. The molecule has 0 saturated heterocycles. The van der Waals surface area contributed by atoms with Crippen LogP contribution in [0, 0.1) is 6.92 Å². The van der Waals surface area contributed by atoms with Crippen LogP contribution in [0.4, 0.5) is 0 Å². The average molecular weight is 731 g/mol. The highest BCUT2D eigenvalue weighted by molar-refractivity contribution is 6.14. The predicted octanol–water partition coefficient (Wildman–Crippen LogP) is 14.6. The van der Waals surface area contributed by atoms with Crippen LogP contribution in [0.1, 0.15) is 30.7 Å². The number of aromatic nitrogens is 2. The Morgan fingerprint density at radius 3 is 1.74 bits per heavy atom. The minimum atomic E-state index is -0.269. The van der Waals surface area contributed by atoms with E-state index in [4.69, 9.17) is 4.42 Å². The molecular formula is C54H38N2O. The highest BCUT2D eigenvalue weighted by Gasteiger charge is 2.37. The van der Waals surface area contributed by atoms with E-state index in [9.17, 15) is 0 Å². The van der Waals surface area contributed by atoms with Gasteiger partial charge in [0.1, 0.15) is 11.3 Å². The molecule has 0 fully saturated rings. The molecule has 3 heteroatoms. The molecule has 0 radical (unpaired) electrons. The Bertz CT molecular complexity index is 3500. The molecule has 0 N–H and O–H groups in total. The molecule has 3 heterocycles.